The molecule has 29 heavy (non-hydrogen) atoms. The van der Waals surface area contributed by atoms with E-state index in [4.69, 9.17) is 0 Å². The zero-order valence-electron chi connectivity index (χ0n) is 15.6. The minimum Gasteiger partial charge on any atom is -0.360 e. The van der Waals surface area contributed by atoms with E-state index in [9.17, 15) is 10.1 Å². The van der Waals surface area contributed by atoms with Gasteiger partial charge in [0.15, 0.2) is 0 Å². The van der Waals surface area contributed by atoms with Crippen molar-refractivity contribution in [2.75, 3.05) is 6.54 Å². The largest absolute Gasteiger partial charge is 0.360 e. The quantitative estimate of drug-likeness (QED) is 0.302. The Kier molecular flexibility index (Phi) is 4.13. The molecule has 5 rings (SSSR count). The van der Waals surface area contributed by atoms with Crippen LogP contribution in [-0.4, -0.2) is 21.4 Å². The Balaban J connectivity index is 1.82. The summed E-state index contributed by atoms with van der Waals surface area (Å²) >= 11 is 0. The third kappa shape index (κ3) is 2.97. The molecule has 5 aromatic rings. The average Bonchev–Trinajstić information content (AvgIpc) is 3.34. The summed E-state index contributed by atoms with van der Waals surface area (Å²) in [4.78, 5) is 18.3. The first-order chi connectivity index (χ1) is 14.2. The summed E-state index contributed by atoms with van der Waals surface area (Å²) in [6, 6.07) is 25.9. The van der Waals surface area contributed by atoms with Gasteiger partial charge in [0.1, 0.15) is 0 Å². The number of H-pyrrole nitrogens is 2. The molecule has 3 aromatic carbocycles. The van der Waals surface area contributed by atoms with Crippen molar-refractivity contribution in [2.24, 2.45) is 0 Å². The number of para-hydroxylation sites is 2. The van der Waals surface area contributed by atoms with Crippen molar-refractivity contribution in [2.45, 2.75) is 5.92 Å². The summed E-state index contributed by atoms with van der Waals surface area (Å²) in [5.41, 5.74) is 5.88. The maximum absolute atomic E-state index is 11.6. The summed E-state index contributed by atoms with van der Waals surface area (Å²) in [6.45, 7) is -0.165. The first-order valence-electron chi connectivity index (χ1n) is 9.56. The Labute approximate surface area is 167 Å². The predicted molar refractivity (Wildman–Crippen MR) is 116 cm³/mol. The molecule has 5 nitrogen and oxygen atoms in total. The van der Waals surface area contributed by atoms with Gasteiger partial charge in [0.25, 0.3) is 0 Å². The molecule has 0 radical (unpaired) electrons. The molecule has 0 spiro atoms. The van der Waals surface area contributed by atoms with E-state index in [1.165, 1.54) is 0 Å². The third-order valence-electron chi connectivity index (χ3n) is 5.49. The molecule has 142 valence electrons. The molecule has 1 unspecified atom stereocenters. The number of rotatable bonds is 5. The Morgan fingerprint density at radius 3 is 2.24 bits per heavy atom. The molecule has 0 fully saturated rings. The lowest BCUT2D eigenvalue weighted by Crippen LogP contribution is -2.14. The molecule has 5 heteroatoms. The van der Waals surface area contributed by atoms with Crippen LogP contribution in [0.25, 0.3) is 33.1 Å². The highest BCUT2D eigenvalue weighted by molar-refractivity contribution is 6.00. The van der Waals surface area contributed by atoms with Crippen LogP contribution < -0.4 is 0 Å². The Hall–Kier alpha value is -3.86. The molecule has 0 aliphatic rings. The molecule has 2 N–H and O–H groups in total. The van der Waals surface area contributed by atoms with Crippen molar-refractivity contribution in [3.05, 3.63) is 106 Å². The van der Waals surface area contributed by atoms with E-state index in [1.807, 2.05) is 79.0 Å². The van der Waals surface area contributed by atoms with Gasteiger partial charge in [-0.25, -0.2) is 0 Å². The lowest BCUT2D eigenvalue weighted by molar-refractivity contribution is -0.481. The predicted octanol–water partition coefficient (Wildman–Crippen LogP) is 5.72. The minimum atomic E-state index is -0.356. The molecule has 2 heterocycles. The second kappa shape index (κ2) is 6.95. The van der Waals surface area contributed by atoms with Gasteiger partial charge >= 0.3 is 0 Å². The van der Waals surface area contributed by atoms with Crippen LogP contribution in [0, 0.1) is 10.1 Å². The van der Waals surface area contributed by atoms with Crippen LogP contribution in [-0.2, 0) is 0 Å². The van der Waals surface area contributed by atoms with Crippen molar-refractivity contribution >= 4 is 21.8 Å². The van der Waals surface area contributed by atoms with Crippen LogP contribution in [0.5, 0.6) is 0 Å². The van der Waals surface area contributed by atoms with E-state index >= 15 is 0 Å². The van der Waals surface area contributed by atoms with Crippen LogP contribution in [0.3, 0.4) is 0 Å². The number of aromatic amines is 2. The number of benzene rings is 3. The third-order valence-corrected chi connectivity index (χ3v) is 5.49. The molecule has 0 saturated heterocycles. The maximum Gasteiger partial charge on any atom is 0.214 e. The van der Waals surface area contributed by atoms with Crippen molar-refractivity contribution in [1.29, 1.82) is 0 Å². The van der Waals surface area contributed by atoms with Crippen molar-refractivity contribution < 1.29 is 4.92 Å². The van der Waals surface area contributed by atoms with E-state index in [2.05, 4.69) is 16.0 Å². The molecule has 0 saturated carbocycles. The first kappa shape index (κ1) is 17.3. The first-order valence-corrected chi connectivity index (χ1v) is 9.56. The normalized spacial score (nSPS) is 12.4. The van der Waals surface area contributed by atoms with E-state index in [0.29, 0.717) is 0 Å². The van der Waals surface area contributed by atoms with Crippen molar-refractivity contribution in [3.63, 3.8) is 0 Å². The van der Waals surface area contributed by atoms with Gasteiger partial charge in [0.2, 0.25) is 6.54 Å². The number of nitro groups is 1. The highest BCUT2D eigenvalue weighted by Gasteiger charge is 2.28. The number of aromatic nitrogens is 2. The SMILES string of the molecule is O=[N+]([O-])CC(c1ccccc1)c1c(-c2c[nH]c3ccccc23)[nH]c2ccccc12. The van der Waals surface area contributed by atoms with Gasteiger partial charge in [0.05, 0.1) is 11.6 Å². The monoisotopic (exact) mass is 381 g/mol. The van der Waals surface area contributed by atoms with Gasteiger partial charge in [-0.2, -0.15) is 0 Å². The van der Waals surface area contributed by atoms with Crippen LogP contribution in [0.1, 0.15) is 17.0 Å². The highest BCUT2D eigenvalue weighted by Crippen LogP contribution is 2.41. The molecular weight excluding hydrogens is 362 g/mol. The Morgan fingerprint density at radius 1 is 0.828 bits per heavy atom. The van der Waals surface area contributed by atoms with E-state index in [0.717, 1.165) is 44.2 Å². The second-order valence-electron chi connectivity index (χ2n) is 7.19. The van der Waals surface area contributed by atoms with E-state index < -0.39 is 0 Å². The van der Waals surface area contributed by atoms with Crippen LogP contribution in [0.15, 0.2) is 85.1 Å². The summed E-state index contributed by atoms with van der Waals surface area (Å²) in [7, 11) is 0. The highest BCUT2D eigenvalue weighted by atomic mass is 16.6. The van der Waals surface area contributed by atoms with Crippen LogP contribution in [0.4, 0.5) is 0 Å². The fourth-order valence-corrected chi connectivity index (χ4v) is 4.21. The standard InChI is InChI=1S/C24H19N3O2/c28-27(29)15-20(16-8-2-1-3-9-16)23-18-11-5-7-13-22(18)26-24(23)19-14-25-21-12-6-4-10-17(19)21/h1-14,20,25-26H,15H2. The van der Waals surface area contributed by atoms with E-state index in [-0.39, 0.29) is 17.4 Å². The number of hydrogen-bond donors (Lipinski definition) is 2. The average molecular weight is 381 g/mol. The van der Waals surface area contributed by atoms with Crippen molar-refractivity contribution in [1.82, 2.24) is 9.97 Å². The molecule has 0 bridgehead atoms. The van der Waals surface area contributed by atoms with Gasteiger partial charge in [0, 0.05) is 38.5 Å². The summed E-state index contributed by atoms with van der Waals surface area (Å²) in [5, 5.41) is 13.7. The number of hydrogen-bond acceptors (Lipinski definition) is 2. The lowest BCUT2D eigenvalue weighted by Gasteiger charge is -2.15. The fraction of sp³-hybridized carbons (Fsp3) is 0.0833. The second-order valence-corrected chi connectivity index (χ2v) is 7.19. The number of nitrogens with one attached hydrogen (secondary N) is 2. The lowest BCUT2D eigenvalue weighted by atomic mass is 9.87. The topological polar surface area (TPSA) is 74.7 Å². The molecule has 2 aromatic heterocycles. The molecule has 0 aliphatic carbocycles. The smallest absolute Gasteiger partial charge is 0.214 e. The number of nitrogens with zero attached hydrogens (tertiary/aromatic N) is 1. The van der Waals surface area contributed by atoms with Gasteiger partial charge in [-0.1, -0.05) is 66.7 Å². The molecule has 0 amide bonds. The summed E-state index contributed by atoms with van der Waals surface area (Å²) in [6.07, 6.45) is 1.98. The molecule has 0 aliphatic heterocycles. The summed E-state index contributed by atoms with van der Waals surface area (Å²) in [5.74, 6) is -0.356. The van der Waals surface area contributed by atoms with Crippen LogP contribution >= 0.6 is 0 Å². The minimum absolute atomic E-state index is 0.165. The van der Waals surface area contributed by atoms with Crippen molar-refractivity contribution in [3.8, 4) is 11.3 Å². The van der Waals surface area contributed by atoms with Gasteiger partial charge in [-0.15, -0.1) is 0 Å². The van der Waals surface area contributed by atoms with Gasteiger partial charge in [-0.05, 0) is 23.3 Å². The number of fused-ring (bicyclic) bond motifs is 2. The fourth-order valence-electron chi connectivity index (χ4n) is 4.21. The Morgan fingerprint density at radius 2 is 1.48 bits per heavy atom. The zero-order chi connectivity index (χ0) is 19.8. The molecular formula is C24H19N3O2. The van der Waals surface area contributed by atoms with Gasteiger partial charge < -0.3 is 9.97 Å². The maximum atomic E-state index is 11.6. The van der Waals surface area contributed by atoms with Gasteiger partial charge in [-0.3, -0.25) is 10.1 Å². The van der Waals surface area contributed by atoms with Crippen LogP contribution in [0.2, 0.25) is 0 Å². The Bertz CT molecular complexity index is 1320. The van der Waals surface area contributed by atoms with E-state index in [1.54, 1.807) is 0 Å². The zero-order valence-corrected chi connectivity index (χ0v) is 15.6. The molecule has 1 atom stereocenters. The summed E-state index contributed by atoms with van der Waals surface area (Å²) < 4.78 is 0.